The highest BCUT2D eigenvalue weighted by Crippen LogP contribution is 2.29. The van der Waals surface area contributed by atoms with Gasteiger partial charge in [-0.2, -0.15) is 13.2 Å². The van der Waals surface area contributed by atoms with Crippen molar-refractivity contribution in [2.45, 2.75) is 12.7 Å². The summed E-state index contributed by atoms with van der Waals surface area (Å²) < 4.78 is 56.5. The number of nitrogens with one attached hydrogen (secondary N) is 2. The maximum absolute atomic E-state index is 12.8. The summed E-state index contributed by atoms with van der Waals surface area (Å²) in [6, 6.07) is 5.25. The van der Waals surface area contributed by atoms with E-state index in [4.69, 9.17) is 16.3 Å². The Labute approximate surface area is 159 Å². The molecule has 7 nitrogen and oxygen atoms in total. The number of hydrogen-bond acceptors (Lipinski definition) is 4. The average Bonchev–Trinajstić information content (AvgIpc) is 2.62. The molecule has 0 aliphatic rings. The van der Waals surface area contributed by atoms with E-state index in [0.29, 0.717) is 16.8 Å². The van der Waals surface area contributed by atoms with Crippen molar-refractivity contribution in [1.82, 2.24) is 15.4 Å². The summed E-state index contributed by atoms with van der Waals surface area (Å²) in [4.78, 5) is 35.1. The first-order valence-corrected chi connectivity index (χ1v) is 7.87. The number of alkyl halides is 3. The van der Waals surface area contributed by atoms with Crippen molar-refractivity contribution in [2.75, 3.05) is 6.61 Å². The molecule has 2 N–H and O–H groups in total. The molecular weight excluding hydrogens is 410 g/mol. The summed E-state index contributed by atoms with van der Waals surface area (Å²) in [7, 11) is 0. The third-order valence-corrected chi connectivity index (χ3v) is 3.48. The quantitative estimate of drug-likeness (QED) is 0.570. The van der Waals surface area contributed by atoms with Crippen LogP contribution in [0, 0.1) is 5.82 Å². The number of rotatable bonds is 5. The molecule has 0 atom stereocenters. The molecule has 0 saturated heterocycles. The molecule has 0 saturated carbocycles. The van der Waals surface area contributed by atoms with Crippen LogP contribution >= 0.6 is 11.6 Å². The second-order valence-corrected chi connectivity index (χ2v) is 5.75. The number of amides is 2. The van der Waals surface area contributed by atoms with Gasteiger partial charge in [0.15, 0.2) is 6.61 Å². The molecule has 0 unspecified atom stereocenters. The Morgan fingerprint density at radius 2 is 1.71 bits per heavy atom. The number of aromatic nitrogens is 1. The predicted molar refractivity (Wildman–Crippen MR) is 88.9 cm³/mol. The van der Waals surface area contributed by atoms with Gasteiger partial charge >= 0.3 is 6.18 Å². The second-order valence-electron chi connectivity index (χ2n) is 5.35. The second kappa shape index (κ2) is 8.74. The molecule has 0 bridgehead atoms. The number of pyridine rings is 1. The van der Waals surface area contributed by atoms with Gasteiger partial charge < -0.3 is 9.30 Å². The van der Waals surface area contributed by atoms with Crippen molar-refractivity contribution >= 4 is 23.4 Å². The van der Waals surface area contributed by atoms with E-state index < -0.39 is 53.1 Å². The van der Waals surface area contributed by atoms with E-state index in [1.54, 1.807) is 0 Å². The lowest BCUT2D eigenvalue weighted by molar-refractivity contribution is -0.138. The summed E-state index contributed by atoms with van der Waals surface area (Å²) in [5.41, 5.74) is 1.66. The van der Waals surface area contributed by atoms with E-state index >= 15 is 0 Å². The Bertz CT molecular complexity index is 929. The number of carbonyl (C=O) groups excluding carboxylic acids is 2. The van der Waals surface area contributed by atoms with E-state index in [1.807, 2.05) is 10.9 Å². The number of hydrazine groups is 1. The zero-order chi connectivity index (χ0) is 20.9. The Balaban J connectivity index is 1.90. The molecule has 2 aromatic rings. The molecule has 0 aliphatic carbocycles. The van der Waals surface area contributed by atoms with Crippen molar-refractivity contribution < 1.29 is 31.9 Å². The van der Waals surface area contributed by atoms with Crippen molar-refractivity contribution in [3.8, 4) is 5.75 Å². The fourth-order valence-electron chi connectivity index (χ4n) is 1.92. The van der Waals surface area contributed by atoms with Gasteiger partial charge in [-0.1, -0.05) is 11.6 Å². The lowest BCUT2D eigenvalue weighted by Crippen LogP contribution is -2.46. The highest BCUT2D eigenvalue weighted by molar-refractivity contribution is 6.30. The van der Waals surface area contributed by atoms with Crippen molar-refractivity contribution in [1.29, 1.82) is 0 Å². The van der Waals surface area contributed by atoms with Gasteiger partial charge in [0, 0.05) is 6.20 Å². The molecule has 0 aliphatic heterocycles. The van der Waals surface area contributed by atoms with Crippen LogP contribution in [0.4, 0.5) is 17.6 Å². The minimum absolute atomic E-state index is 0.202. The normalized spacial score (nSPS) is 11.0. The first-order valence-electron chi connectivity index (χ1n) is 7.49. The van der Waals surface area contributed by atoms with E-state index in [9.17, 15) is 31.9 Å². The van der Waals surface area contributed by atoms with Gasteiger partial charge in [-0.3, -0.25) is 25.2 Å². The first-order chi connectivity index (χ1) is 13.1. The van der Waals surface area contributed by atoms with Crippen LogP contribution in [0.1, 0.15) is 5.56 Å². The van der Waals surface area contributed by atoms with Gasteiger partial charge in [0.25, 0.3) is 17.4 Å². The highest BCUT2D eigenvalue weighted by atomic mass is 35.5. The van der Waals surface area contributed by atoms with Crippen LogP contribution in [0.5, 0.6) is 5.75 Å². The van der Waals surface area contributed by atoms with E-state index in [-0.39, 0.29) is 5.75 Å². The van der Waals surface area contributed by atoms with Crippen molar-refractivity contribution in [2.24, 2.45) is 0 Å². The number of ether oxygens (including phenoxy) is 1. The summed E-state index contributed by atoms with van der Waals surface area (Å²) in [6.07, 6.45) is -4.32. The lowest BCUT2D eigenvalue weighted by Gasteiger charge is -2.12. The van der Waals surface area contributed by atoms with Crippen LogP contribution in [0.2, 0.25) is 5.02 Å². The maximum Gasteiger partial charge on any atom is 0.417 e. The van der Waals surface area contributed by atoms with Crippen LogP contribution in [0.25, 0.3) is 0 Å². The first kappa shape index (κ1) is 21.2. The van der Waals surface area contributed by atoms with Gasteiger partial charge in [-0.15, -0.1) is 0 Å². The van der Waals surface area contributed by atoms with E-state index in [1.165, 1.54) is 12.1 Å². The third kappa shape index (κ3) is 5.98. The molecule has 28 heavy (non-hydrogen) atoms. The van der Waals surface area contributed by atoms with Crippen molar-refractivity contribution in [3.63, 3.8) is 0 Å². The lowest BCUT2D eigenvalue weighted by atomic mass is 10.2. The number of hydrogen-bond donors (Lipinski definition) is 2. The number of benzene rings is 1. The molecule has 2 rings (SSSR count). The van der Waals surface area contributed by atoms with Crippen LogP contribution in [0.3, 0.4) is 0 Å². The number of carbonyl (C=O) groups is 2. The summed E-state index contributed by atoms with van der Waals surface area (Å²) in [5.74, 6) is -2.07. The molecular formula is C16H12ClF4N3O4. The van der Waals surface area contributed by atoms with E-state index in [2.05, 4.69) is 0 Å². The minimum atomic E-state index is -4.76. The Morgan fingerprint density at radius 3 is 2.32 bits per heavy atom. The molecule has 0 radical (unpaired) electrons. The third-order valence-electron chi connectivity index (χ3n) is 3.21. The molecule has 0 fully saturated rings. The fraction of sp³-hybridized carbons (Fsp3) is 0.188. The van der Waals surface area contributed by atoms with Gasteiger partial charge in [-0.25, -0.2) is 4.39 Å². The zero-order valence-corrected chi connectivity index (χ0v) is 14.6. The molecule has 12 heteroatoms. The van der Waals surface area contributed by atoms with Gasteiger partial charge in [-0.05, 0) is 30.3 Å². The van der Waals surface area contributed by atoms with Gasteiger partial charge in [0.05, 0.1) is 5.56 Å². The van der Waals surface area contributed by atoms with Crippen molar-refractivity contribution in [3.05, 3.63) is 63.3 Å². The highest BCUT2D eigenvalue weighted by Gasteiger charge is 2.32. The van der Waals surface area contributed by atoms with Crippen LogP contribution in [-0.4, -0.2) is 23.0 Å². The molecule has 1 aromatic carbocycles. The monoisotopic (exact) mass is 421 g/mol. The largest absolute Gasteiger partial charge is 0.484 e. The standard InChI is InChI=1S/C16H12ClF4N3O4/c17-12-5-9(16(19,20)21)6-24(15(12)27)7-13(25)22-23-14(26)8-28-11-3-1-10(18)2-4-11/h1-6H,7-8H2,(H,22,25)(H,23,26). The number of nitrogens with zero attached hydrogens (tertiary/aromatic N) is 1. The summed E-state index contributed by atoms with van der Waals surface area (Å²) >= 11 is 5.47. The Kier molecular flexibility index (Phi) is 6.62. The van der Waals surface area contributed by atoms with Crippen LogP contribution < -0.4 is 21.1 Å². The smallest absolute Gasteiger partial charge is 0.417 e. The molecule has 1 aromatic heterocycles. The van der Waals surface area contributed by atoms with E-state index in [0.717, 1.165) is 12.1 Å². The van der Waals surface area contributed by atoms with Crippen LogP contribution in [0.15, 0.2) is 41.3 Å². The van der Waals surface area contributed by atoms with Crippen LogP contribution in [-0.2, 0) is 22.3 Å². The summed E-state index contributed by atoms with van der Waals surface area (Å²) in [6.45, 7) is -1.34. The average molecular weight is 422 g/mol. The molecule has 2 amide bonds. The molecule has 150 valence electrons. The zero-order valence-electron chi connectivity index (χ0n) is 13.8. The Morgan fingerprint density at radius 1 is 1.11 bits per heavy atom. The predicted octanol–water partition coefficient (Wildman–Crippen LogP) is 1.89. The SMILES string of the molecule is O=C(COc1ccc(F)cc1)NNC(=O)Cn1cc(C(F)(F)F)cc(Cl)c1=O. The van der Waals surface area contributed by atoms with Gasteiger partial charge in [0.1, 0.15) is 23.1 Å². The minimum Gasteiger partial charge on any atom is -0.484 e. The number of halogens is 5. The topological polar surface area (TPSA) is 89.4 Å². The maximum atomic E-state index is 12.8. The fourth-order valence-corrected chi connectivity index (χ4v) is 2.15. The molecule has 0 spiro atoms. The Hall–Kier alpha value is -3.08. The molecule has 1 heterocycles. The summed E-state index contributed by atoms with van der Waals surface area (Å²) in [5, 5.41) is -0.709. The van der Waals surface area contributed by atoms with Gasteiger partial charge in [0.2, 0.25) is 0 Å².